The molecule has 8 nitrogen and oxygen atoms in total. The van der Waals surface area contributed by atoms with Gasteiger partial charge in [-0.25, -0.2) is 4.98 Å². The van der Waals surface area contributed by atoms with Crippen LogP contribution in [0.2, 0.25) is 0 Å². The number of anilines is 1. The van der Waals surface area contributed by atoms with Gasteiger partial charge in [0.25, 0.3) is 0 Å². The fraction of sp³-hybridized carbons (Fsp3) is 0.400. The molecule has 0 radical (unpaired) electrons. The zero-order chi connectivity index (χ0) is 13.4. The number of rotatable bonds is 7. The van der Waals surface area contributed by atoms with Crippen molar-refractivity contribution in [2.24, 2.45) is 0 Å². The van der Waals surface area contributed by atoms with Crippen molar-refractivity contribution >= 4 is 11.5 Å². The highest BCUT2D eigenvalue weighted by Gasteiger charge is 2.15. The van der Waals surface area contributed by atoms with Crippen LogP contribution in [0.1, 0.15) is 5.69 Å². The highest BCUT2D eigenvalue weighted by atomic mass is 16.6. The first kappa shape index (κ1) is 13.8. The van der Waals surface area contributed by atoms with Crippen molar-refractivity contribution in [3.63, 3.8) is 0 Å². The van der Waals surface area contributed by atoms with Gasteiger partial charge in [0, 0.05) is 12.6 Å². The summed E-state index contributed by atoms with van der Waals surface area (Å²) >= 11 is 0. The largest absolute Gasteiger partial charge is 0.394 e. The highest BCUT2D eigenvalue weighted by Crippen LogP contribution is 2.17. The first-order chi connectivity index (χ1) is 8.69. The first-order valence-corrected chi connectivity index (χ1v) is 5.17. The van der Waals surface area contributed by atoms with Crippen molar-refractivity contribution < 1.29 is 14.8 Å². The lowest BCUT2D eigenvalue weighted by molar-refractivity contribution is -0.385. The summed E-state index contributed by atoms with van der Waals surface area (Å²) in [5.41, 5.74) is -0.555. The Morgan fingerprint density at radius 2 is 2.33 bits per heavy atom. The molecule has 0 aromatic carbocycles. The maximum atomic E-state index is 10.6. The van der Waals surface area contributed by atoms with Gasteiger partial charge in [-0.05, 0) is 6.07 Å². The van der Waals surface area contributed by atoms with Gasteiger partial charge in [-0.2, -0.15) is 5.26 Å². The molecule has 0 bridgehead atoms. The van der Waals surface area contributed by atoms with Gasteiger partial charge in [0.15, 0.2) is 0 Å². The topological polar surface area (TPSA) is 121 Å². The zero-order valence-electron chi connectivity index (χ0n) is 9.50. The van der Waals surface area contributed by atoms with Crippen molar-refractivity contribution in [3.8, 4) is 6.07 Å². The van der Waals surface area contributed by atoms with E-state index in [4.69, 9.17) is 15.1 Å². The van der Waals surface area contributed by atoms with Crippen molar-refractivity contribution in [2.45, 2.75) is 0 Å². The van der Waals surface area contributed by atoms with Gasteiger partial charge in [0.05, 0.1) is 24.7 Å². The molecule has 1 aromatic rings. The number of nitrogens with one attached hydrogen (secondary N) is 1. The molecule has 0 aliphatic carbocycles. The summed E-state index contributed by atoms with van der Waals surface area (Å²) in [4.78, 5) is 13.7. The van der Waals surface area contributed by atoms with Crippen LogP contribution in [0.25, 0.3) is 0 Å². The molecule has 96 valence electrons. The van der Waals surface area contributed by atoms with E-state index in [0.717, 1.165) is 0 Å². The third-order valence-electron chi connectivity index (χ3n) is 1.96. The number of aliphatic hydroxyl groups is 1. The number of ether oxygens (including phenoxy) is 1. The number of aliphatic hydroxyl groups excluding tert-OH is 1. The Morgan fingerprint density at radius 1 is 1.56 bits per heavy atom. The van der Waals surface area contributed by atoms with Gasteiger partial charge < -0.3 is 15.2 Å². The summed E-state index contributed by atoms with van der Waals surface area (Å²) in [5, 5.41) is 30.6. The molecule has 18 heavy (non-hydrogen) atoms. The van der Waals surface area contributed by atoms with E-state index in [2.05, 4.69) is 10.3 Å². The standard InChI is InChI=1S/C10H12N4O4/c11-7-8-9(14(16)17)1-2-10(13-8)12-3-5-18-6-4-15/h1-2,15H,3-6H2,(H,12,13). The molecule has 1 aromatic heterocycles. The Morgan fingerprint density at radius 3 is 2.94 bits per heavy atom. The van der Waals surface area contributed by atoms with Gasteiger partial charge in [0.2, 0.25) is 5.69 Å². The minimum Gasteiger partial charge on any atom is -0.394 e. The molecule has 1 heterocycles. The molecule has 0 fully saturated rings. The van der Waals surface area contributed by atoms with Gasteiger partial charge in [-0.1, -0.05) is 0 Å². The predicted octanol–water partition coefficient (Wildman–Crippen LogP) is 0.282. The third kappa shape index (κ3) is 3.97. The van der Waals surface area contributed by atoms with Gasteiger partial charge in [-0.15, -0.1) is 0 Å². The number of nitriles is 1. The van der Waals surface area contributed by atoms with Crippen LogP contribution in [0.4, 0.5) is 11.5 Å². The molecule has 0 spiro atoms. The van der Waals surface area contributed by atoms with Gasteiger partial charge >= 0.3 is 5.69 Å². The van der Waals surface area contributed by atoms with Crippen LogP contribution in [0.5, 0.6) is 0 Å². The van der Waals surface area contributed by atoms with E-state index < -0.39 is 4.92 Å². The van der Waals surface area contributed by atoms with Crippen LogP contribution in [0.15, 0.2) is 12.1 Å². The number of nitro groups is 1. The molecule has 0 amide bonds. The fourth-order valence-electron chi connectivity index (χ4n) is 1.20. The maximum absolute atomic E-state index is 10.6. The van der Waals surface area contributed by atoms with Gasteiger partial charge in [-0.3, -0.25) is 10.1 Å². The molecule has 0 aliphatic rings. The number of pyridine rings is 1. The van der Waals surface area contributed by atoms with Crippen LogP contribution in [0, 0.1) is 21.4 Å². The van der Waals surface area contributed by atoms with Crippen LogP contribution >= 0.6 is 0 Å². The van der Waals surface area contributed by atoms with E-state index in [1.807, 2.05) is 0 Å². The number of hydrogen-bond acceptors (Lipinski definition) is 7. The summed E-state index contributed by atoms with van der Waals surface area (Å²) < 4.78 is 5.01. The van der Waals surface area contributed by atoms with Crippen LogP contribution in [-0.2, 0) is 4.74 Å². The lowest BCUT2D eigenvalue weighted by atomic mass is 10.3. The minimum atomic E-state index is -0.653. The summed E-state index contributed by atoms with van der Waals surface area (Å²) in [6.45, 7) is 0.990. The van der Waals surface area contributed by atoms with E-state index in [1.54, 1.807) is 6.07 Å². The minimum absolute atomic E-state index is 0.0473. The third-order valence-corrected chi connectivity index (χ3v) is 1.96. The molecular formula is C10H12N4O4. The number of aromatic nitrogens is 1. The van der Waals surface area contributed by atoms with Crippen molar-refractivity contribution in [1.82, 2.24) is 4.98 Å². The molecule has 0 saturated carbocycles. The zero-order valence-corrected chi connectivity index (χ0v) is 9.50. The normalized spacial score (nSPS) is 9.78. The Kier molecular flexibility index (Phi) is 5.50. The Labute approximate surface area is 103 Å². The summed E-state index contributed by atoms with van der Waals surface area (Å²) in [6.07, 6.45) is 0. The molecule has 8 heteroatoms. The monoisotopic (exact) mass is 252 g/mol. The van der Waals surface area contributed by atoms with Crippen molar-refractivity contribution in [2.75, 3.05) is 31.7 Å². The second-order valence-corrected chi connectivity index (χ2v) is 3.20. The number of nitrogens with zero attached hydrogens (tertiary/aromatic N) is 3. The fourth-order valence-corrected chi connectivity index (χ4v) is 1.20. The highest BCUT2D eigenvalue weighted by molar-refractivity contribution is 5.50. The summed E-state index contributed by atoms with van der Waals surface area (Å²) in [7, 11) is 0. The van der Waals surface area contributed by atoms with Crippen LogP contribution < -0.4 is 5.32 Å². The molecule has 0 saturated heterocycles. The van der Waals surface area contributed by atoms with Crippen LogP contribution in [-0.4, -0.2) is 41.4 Å². The smallest absolute Gasteiger partial charge is 0.305 e. The molecule has 2 N–H and O–H groups in total. The first-order valence-electron chi connectivity index (χ1n) is 5.17. The Bertz CT molecular complexity index is 458. The SMILES string of the molecule is N#Cc1nc(NCCOCCO)ccc1[N+](=O)[O-]. The van der Waals surface area contributed by atoms with Crippen LogP contribution in [0.3, 0.4) is 0 Å². The molecule has 0 aliphatic heterocycles. The average Bonchev–Trinajstić information content (AvgIpc) is 2.38. The Balaban J connectivity index is 2.58. The molecule has 0 atom stereocenters. The van der Waals surface area contributed by atoms with E-state index in [-0.39, 0.29) is 24.6 Å². The van der Waals surface area contributed by atoms with E-state index in [1.165, 1.54) is 12.1 Å². The lowest BCUT2D eigenvalue weighted by Gasteiger charge is -2.06. The summed E-state index contributed by atoms with van der Waals surface area (Å²) in [6, 6.07) is 4.32. The average molecular weight is 252 g/mol. The maximum Gasteiger partial charge on any atom is 0.305 e. The van der Waals surface area contributed by atoms with Gasteiger partial charge in [0.1, 0.15) is 11.9 Å². The van der Waals surface area contributed by atoms with E-state index in [0.29, 0.717) is 19.0 Å². The second kappa shape index (κ2) is 7.16. The number of hydrogen-bond donors (Lipinski definition) is 2. The quantitative estimate of drug-likeness (QED) is 0.406. The molecule has 1 rings (SSSR count). The lowest BCUT2D eigenvalue weighted by Crippen LogP contribution is -2.12. The Hall–Kier alpha value is -2.24. The van der Waals surface area contributed by atoms with E-state index in [9.17, 15) is 10.1 Å². The molecule has 0 unspecified atom stereocenters. The van der Waals surface area contributed by atoms with E-state index >= 15 is 0 Å². The van der Waals surface area contributed by atoms with Crippen molar-refractivity contribution in [3.05, 3.63) is 27.9 Å². The van der Waals surface area contributed by atoms with Crippen molar-refractivity contribution in [1.29, 1.82) is 5.26 Å². The predicted molar refractivity (Wildman–Crippen MR) is 62.0 cm³/mol. The molecular weight excluding hydrogens is 240 g/mol. The summed E-state index contributed by atoms with van der Waals surface area (Å²) in [5.74, 6) is 0.366. The second-order valence-electron chi connectivity index (χ2n) is 3.20.